The van der Waals surface area contributed by atoms with Gasteiger partial charge in [-0.05, 0) is 50.4 Å². The maximum absolute atomic E-state index is 13.7. The molecule has 0 aliphatic heterocycles. The quantitative estimate of drug-likeness (QED) is 0.642. The van der Waals surface area contributed by atoms with E-state index in [1.807, 2.05) is 17.5 Å². The zero-order chi connectivity index (χ0) is 21.6. The third kappa shape index (κ3) is 7.53. The van der Waals surface area contributed by atoms with Gasteiger partial charge in [0.05, 0.1) is 23.8 Å². The van der Waals surface area contributed by atoms with E-state index in [1.54, 1.807) is 20.8 Å². The number of nitrogens with one attached hydrogen (secondary N) is 3. The van der Waals surface area contributed by atoms with Crippen molar-refractivity contribution in [2.45, 2.75) is 45.8 Å². The lowest BCUT2D eigenvalue weighted by atomic mass is 10.1. The van der Waals surface area contributed by atoms with Crippen LogP contribution in [0.15, 0.2) is 35.7 Å². The van der Waals surface area contributed by atoms with E-state index in [0.29, 0.717) is 0 Å². The average Bonchev–Trinajstić information content (AvgIpc) is 3.09. The van der Waals surface area contributed by atoms with Crippen LogP contribution in [-0.4, -0.2) is 23.5 Å². The first-order valence-electron chi connectivity index (χ1n) is 8.93. The SMILES string of the molecule is CC(=O)NC(CC(=O)Nc1cc(F)ccc1NC(=O)OC(C)(C)C)c1cccs1. The lowest BCUT2D eigenvalue weighted by Gasteiger charge is -2.21. The predicted molar refractivity (Wildman–Crippen MR) is 110 cm³/mol. The number of amides is 3. The monoisotopic (exact) mass is 421 g/mol. The summed E-state index contributed by atoms with van der Waals surface area (Å²) in [6.07, 6.45) is -0.781. The van der Waals surface area contributed by atoms with Crippen molar-refractivity contribution in [2.75, 3.05) is 10.6 Å². The van der Waals surface area contributed by atoms with Gasteiger partial charge < -0.3 is 15.4 Å². The molecule has 2 rings (SSSR count). The van der Waals surface area contributed by atoms with Gasteiger partial charge in [-0.15, -0.1) is 11.3 Å². The molecule has 0 aliphatic rings. The summed E-state index contributed by atoms with van der Waals surface area (Å²) >= 11 is 1.41. The van der Waals surface area contributed by atoms with Crippen molar-refractivity contribution in [1.82, 2.24) is 5.32 Å². The third-order valence-electron chi connectivity index (χ3n) is 3.54. The Bertz CT molecular complexity index is 878. The number of anilines is 2. The van der Waals surface area contributed by atoms with Crippen molar-refractivity contribution in [3.05, 3.63) is 46.4 Å². The highest BCUT2D eigenvalue weighted by Crippen LogP contribution is 2.26. The van der Waals surface area contributed by atoms with Crippen LogP contribution in [0.5, 0.6) is 0 Å². The Kier molecular flexibility index (Phi) is 7.33. The second-order valence-electron chi connectivity index (χ2n) is 7.34. The molecular formula is C20H24FN3O4S. The average molecular weight is 421 g/mol. The van der Waals surface area contributed by atoms with E-state index in [4.69, 9.17) is 4.74 Å². The van der Waals surface area contributed by atoms with Crippen LogP contribution < -0.4 is 16.0 Å². The van der Waals surface area contributed by atoms with Crippen LogP contribution in [0.2, 0.25) is 0 Å². The first-order valence-corrected chi connectivity index (χ1v) is 9.81. The molecule has 0 fully saturated rings. The molecule has 3 amide bonds. The summed E-state index contributed by atoms with van der Waals surface area (Å²) in [7, 11) is 0. The number of rotatable bonds is 6. The highest BCUT2D eigenvalue weighted by Gasteiger charge is 2.21. The summed E-state index contributed by atoms with van der Waals surface area (Å²) in [5.41, 5.74) is -0.422. The second-order valence-corrected chi connectivity index (χ2v) is 8.32. The summed E-state index contributed by atoms with van der Waals surface area (Å²) in [5, 5.41) is 9.67. The number of hydrogen-bond donors (Lipinski definition) is 3. The summed E-state index contributed by atoms with van der Waals surface area (Å²) in [5.74, 6) is -1.30. The Morgan fingerprint density at radius 2 is 1.86 bits per heavy atom. The number of thiophene rings is 1. The van der Waals surface area contributed by atoms with Crippen LogP contribution in [-0.2, 0) is 14.3 Å². The highest BCUT2D eigenvalue weighted by atomic mass is 32.1. The van der Waals surface area contributed by atoms with Gasteiger partial charge in [-0.2, -0.15) is 0 Å². The molecule has 1 heterocycles. The second kappa shape index (κ2) is 9.51. The van der Waals surface area contributed by atoms with Gasteiger partial charge >= 0.3 is 6.09 Å². The molecule has 0 saturated heterocycles. The van der Waals surface area contributed by atoms with Crippen LogP contribution in [0.1, 0.15) is 45.0 Å². The smallest absolute Gasteiger partial charge is 0.412 e. The Morgan fingerprint density at radius 3 is 2.45 bits per heavy atom. The minimum absolute atomic E-state index is 0.0531. The predicted octanol–water partition coefficient (Wildman–Crippen LogP) is 4.44. The lowest BCUT2D eigenvalue weighted by Crippen LogP contribution is -2.30. The van der Waals surface area contributed by atoms with Gasteiger partial charge in [-0.1, -0.05) is 6.07 Å². The van der Waals surface area contributed by atoms with Crippen LogP contribution in [0.4, 0.5) is 20.6 Å². The molecule has 0 spiro atoms. The molecule has 0 aliphatic carbocycles. The number of benzene rings is 1. The molecule has 1 aromatic heterocycles. The van der Waals surface area contributed by atoms with E-state index in [-0.39, 0.29) is 23.7 Å². The van der Waals surface area contributed by atoms with Crippen molar-refractivity contribution < 1.29 is 23.5 Å². The summed E-state index contributed by atoms with van der Waals surface area (Å²) in [4.78, 5) is 36.9. The highest BCUT2D eigenvalue weighted by molar-refractivity contribution is 7.10. The summed E-state index contributed by atoms with van der Waals surface area (Å²) < 4.78 is 18.9. The fraction of sp³-hybridized carbons (Fsp3) is 0.350. The number of halogens is 1. The molecule has 0 radical (unpaired) electrons. The molecule has 9 heteroatoms. The number of ether oxygens (including phenoxy) is 1. The third-order valence-corrected chi connectivity index (χ3v) is 4.53. The van der Waals surface area contributed by atoms with Gasteiger partial charge in [-0.3, -0.25) is 14.9 Å². The maximum atomic E-state index is 13.7. The standard InChI is InChI=1S/C20H24FN3O4S/c1-12(25)22-16(17-6-5-9-29-17)11-18(26)23-15-10-13(21)7-8-14(15)24-19(27)28-20(2,3)4/h5-10,16H,11H2,1-4H3,(H,22,25)(H,23,26)(H,24,27). The van der Waals surface area contributed by atoms with Gasteiger partial charge in [0.25, 0.3) is 0 Å². The number of carbonyl (C=O) groups is 3. The van der Waals surface area contributed by atoms with Gasteiger partial charge in [0, 0.05) is 11.8 Å². The molecule has 29 heavy (non-hydrogen) atoms. The summed E-state index contributed by atoms with van der Waals surface area (Å²) in [6, 6.07) is 6.72. The minimum Gasteiger partial charge on any atom is -0.444 e. The molecule has 1 unspecified atom stereocenters. The van der Waals surface area contributed by atoms with Crippen LogP contribution in [0.3, 0.4) is 0 Å². The van der Waals surface area contributed by atoms with E-state index < -0.39 is 29.5 Å². The Labute approximate surface area is 172 Å². The number of hydrogen-bond acceptors (Lipinski definition) is 5. The molecule has 0 bridgehead atoms. The van der Waals surface area contributed by atoms with Gasteiger partial charge in [0.2, 0.25) is 11.8 Å². The van der Waals surface area contributed by atoms with Crippen molar-refractivity contribution in [2.24, 2.45) is 0 Å². The largest absolute Gasteiger partial charge is 0.444 e. The van der Waals surface area contributed by atoms with Crippen molar-refractivity contribution in [3.8, 4) is 0 Å². The Balaban J connectivity index is 2.13. The fourth-order valence-electron chi connectivity index (χ4n) is 2.49. The van der Waals surface area contributed by atoms with Crippen molar-refractivity contribution >= 4 is 40.6 Å². The molecule has 7 nitrogen and oxygen atoms in total. The minimum atomic E-state index is -0.727. The van der Waals surface area contributed by atoms with Crippen LogP contribution in [0, 0.1) is 5.82 Å². The van der Waals surface area contributed by atoms with E-state index in [2.05, 4.69) is 16.0 Å². The maximum Gasteiger partial charge on any atom is 0.412 e. The molecule has 3 N–H and O–H groups in total. The fourth-order valence-corrected chi connectivity index (χ4v) is 3.26. The molecule has 2 aromatic rings. The molecule has 1 atom stereocenters. The van der Waals surface area contributed by atoms with E-state index in [9.17, 15) is 18.8 Å². The zero-order valence-electron chi connectivity index (χ0n) is 16.7. The summed E-state index contributed by atoms with van der Waals surface area (Å²) in [6.45, 7) is 6.51. The van der Waals surface area contributed by atoms with E-state index in [1.165, 1.54) is 24.3 Å². The van der Waals surface area contributed by atoms with E-state index in [0.717, 1.165) is 17.0 Å². The Hall–Kier alpha value is -2.94. The van der Waals surface area contributed by atoms with Crippen molar-refractivity contribution in [3.63, 3.8) is 0 Å². The first kappa shape index (κ1) is 22.4. The van der Waals surface area contributed by atoms with E-state index >= 15 is 0 Å². The Morgan fingerprint density at radius 1 is 1.14 bits per heavy atom. The van der Waals surface area contributed by atoms with Gasteiger partial charge in [-0.25, -0.2) is 9.18 Å². The lowest BCUT2D eigenvalue weighted by molar-refractivity contribution is -0.120. The number of carbonyl (C=O) groups excluding carboxylic acids is 3. The molecule has 0 saturated carbocycles. The normalized spacial score (nSPS) is 12.0. The van der Waals surface area contributed by atoms with Crippen LogP contribution >= 0.6 is 11.3 Å². The van der Waals surface area contributed by atoms with Gasteiger partial charge in [0.15, 0.2) is 0 Å². The topological polar surface area (TPSA) is 96.5 Å². The molecule has 1 aromatic carbocycles. The van der Waals surface area contributed by atoms with Crippen LogP contribution in [0.25, 0.3) is 0 Å². The molecule has 156 valence electrons. The van der Waals surface area contributed by atoms with Gasteiger partial charge in [0.1, 0.15) is 11.4 Å². The zero-order valence-corrected chi connectivity index (χ0v) is 17.5. The van der Waals surface area contributed by atoms with Crippen molar-refractivity contribution in [1.29, 1.82) is 0 Å². The first-order chi connectivity index (χ1) is 13.5. The molecular weight excluding hydrogens is 397 g/mol.